The number of carbonyl (C=O) groups excluding carboxylic acids is 2. The summed E-state index contributed by atoms with van der Waals surface area (Å²) in [5.74, 6) is -1.62. The van der Waals surface area contributed by atoms with Crippen molar-refractivity contribution in [2.45, 2.75) is 45.2 Å². The van der Waals surface area contributed by atoms with Crippen LogP contribution in [0.2, 0.25) is 0 Å². The van der Waals surface area contributed by atoms with Crippen molar-refractivity contribution >= 4 is 11.8 Å². The number of hydrogen-bond donors (Lipinski definition) is 2. The van der Waals surface area contributed by atoms with Gasteiger partial charge in [0, 0.05) is 0 Å². The van der Waals surface area contributed by atoms with Gasteiger partial charge in [0.1, 0.15) is 17.9 Å². The van der Waals surface area contributed by atoms with Gasteiger partial charge < -0.3 is 10.6 Å². The number of rotatable bonds is 9. The number of aryl methyl sites for hydroxylation is 1. The van der Waals surface area contributed by atoms with E-state index >= 15 is 0 Å². The molecule has 0 aliphatic heterocycles. The normalized spacial score (nSPS) is 12.7. The third kappa shape index (κ3) is 7.04. The maximum Gasteiger partial charge on any atom is 0.254 e. The topological polar surface area (TPSA) is 82.0 Å². The molecule has 0 aliphatic rings. The molecule has 0 aromatic heterocycles. The highest BCUT2D eigenvalue weighted by atomic mass is 19.1. The van der Waals surface area contributed by atoms with Crippen LogP contribution in [0.5, 0.6) is 0 Å². The van der Waals surface area contributed by atoms with E-state index in [1.54, 1.807) is 6.07 Å². The summed E-state index contributed by atoms with van der Waals surface area (Å²) in [4.78, 5) is 25.2. The third-order valence-corrected chi connectivity index (χ3v) is 4.48. The number of hydrogen-bond acceptors (Lipinski definition) is 3. The van der Waals surface area contributed by atoms with Gasteiger partial charge in [0.2, 0.25) is 5.91 Å². The summed E-state index contributed by atoms with van der Waals surface area (Å²) in [5.41, 5.74) is 0.962. The van der Waals surface area contributed by atoms with Crippen LogP contribution in [0.3, 0.4) is 0 Å². The van der Waals surface area contributed by atoms with Crippen LogP contribution in [-0.4, -0.2) is 23.9 Å². The molecule has 0 saturated heterocycles. The fraction of sp³-hybridized carbons (Fsp3) is 0.348. The lowest BCUT2D eigenvalue weighted by molar-refractivity contribution is -0.123. The molecule has 0 saturated carbocycles. The Kier molecular flexibility index (Phi) is 8.35. The zero-order valence-electron chi connectivity index (χ0n) is 16.7. The van der Waals surface area contributed by atoms with Crippen LogP contribution in [0.1, 0.15) is 42.6 Å². The minimum atomic E-state index is -0.852. The second-order valence-electron chi connectivity index (χ2n) is 7.35. The van der Waals surface area contributed by atoms with Gasteiger partial charge in [-0.1, -0.05) is 56.3 Å². The van der Waals surface area contributed by atoms with Crippen molar-refractivity contribution in [1.29, 1.82) is 5.26 Å². The number of nitrogens with zero attached hydrogens (tertiary/aromatic N) is 1. The smallest absolute Gasteiger partial charge is 0.254 e. The van der Waals surface area contributed by atoms with Gasteiger partial charge in [-0.3, -0.25) is 9.59 Å². The molecule has 0 unspecified atom stereocenters. The van der Waals surface area contributed by atoms with Gasteiger partial charge in [0.05, 0.1) is 11.6 Å². The van der Waals surface area contributed by atoms with Crippen molar-refractivity contribution in [1.82, 2.24) is 10.6 Å². The molecular formula is C23H26FN3O2. The van der Waals surface area contributed by atoms with Crippen molar-refractivity contribution in [3.8, 4) is 6.07 Å². The second-order valence-corrected chi connectivity index (χ2v) is 7.35. The molecule has 0 bridgehead atoms. The lowest BCUT2D eigenvalue weighted by Crippen LogP contribution is -2.50. The van der Waals surface area contributed by atoms with Gasteiger partial charge in [-0.25, -0.2) is 4.39 Å². The molecule has 0 aliphatic carbocycles. The summed E-state index contributed by atoms with van der Waals surface area (Å²) in [6.45, 7) is 3.85. The van der Waals surface area contributed by atoms with E-state index in [1.165, 1.54) is 18.2 Å². The molecule has 2 atom stereocenters. The van der Waals surface area contributed by atoms with Crippen LogP contribution in [0.4, 0.5) is 4.39 Å². The monoisotopic (exact) mass is 395 g/mol. The van der Waals surface area contributed by atoms with Crippen LogP contribution in [0, 0.1) is 23.1 Å². The summed E-state index contributed by atoms with van der Waals surface area (Å²) >= 11 is 0. The van der Waals surface area contributed by atoms with Crippen molar-refractivity contribution < 1.29 is 14.0 Å². The Morgan fingerprint density at radius 2 is 1.69 bits per heavy atom. The van der Waals surface area contributed by atoms with Gasteiger partial charge in [0.25, 0.3) is 5.91 Å². The second kappa shape index (κ2) is 11.0. The minimum absolute atomic E-state index is 0.116. The van der Waals surface area contributed by atoms with E-state index in [4.69, 9.17) is 0 Å². The van der Waals surface area contributed by atoms with Crippen molar-refractivity contribution in [2.75, 3.05) is 0 Å². The van der Waals surface area contributed by atoms with Crippen LogP contribution in [0.25, 0.3) is 0 Å². The molecule has 2 aromatic carbocycles. The van der Waals surface area contributed by atoms with Crippen LogP contribution in [0.15, 0.2) is 54.6 Å². The predicted octanol–water partition coefficient (Wildman–Crippen LogP) is 3.61. The van der Waals surface area contributed by atoms with Gasteiger partial charge >= 0.3 is 0 Å². The van der Waals surface area contributed by atoms with Gasteiger partial charge in [0.15, 0.2) is 0 Å². The first-order valence-electron chi connectivity index (χ1n) is 9.70. The molecule has 152 valence electrons. The van der Waals surface area contributed by atoms with E-state index in [0.29, 0.717) is 19.3 Å². The maximum absolute atomic E-state index is 13.9. The van der Waals surface area contributed by atoms with E-state index < -0.39 is 29.7 Å². The Labute approximate surface area is 170 Å². The molecule has 5 nitrogen and oxygen atoms in total. The average molecular weight is 395 g/mol. The highest BCUT2D eigenvalue weighted by molar-refractivity contribution is 5.97. The Hall–Kier alpha value is -3.20. The number of amides is 2. The molecule has 29 heavy (non-hydrogen) atoms. The van der Waals surface area contributed by atoms with Gasteiger partial charge in [-0.05, 0) is 42.9 Å². The van der Waals surface area contributed by atoms with E-state index in [2.05, 4.69) is 16.7 Å². The SMILES string of the molecule is CC(C)C[C@H](NC(=O)c1ccccc1F)C(=O)N[C@H](C#N)CCc1ccccc1. The zero-order valence-corrected chi connectivity index (χ0v) is 16.7. The largest absolute Gasteiger partial charge is 0.340 e. The summed E-state index contributed by atoms with van der Waals surface area (Å²) in [6.07, 6.45) is 1.49. The first-order chi connectivity index (χ1) is 13.9. The highest BCUT2D eigenvalue weighted by Gasteiger charge is 2.25. The molecule has 2 N–H and O–H groups in total. The Balaban J connectivity index is 2.02. The fourth-order valence-electron chi connectivity index (χ4n) is 2.98. The first-order valence-corrected chi connectivity index (χ1v) is 9.70. The molecule has 2 aromatic rings. The third-order valence-electron chi connectivity index (χ3n) is 4.48. The summed E-state index contributed by atoms with van der Waals surface area (Å²) in [7, 11) is 0. The molecule has 0 spiro atoms. The van der Waals surface area contributed by atoms with Crippen LogP contribution >= 0.6 is 0 Å². The Morgan fingerprint density at radius 1 is 1.03 bits per heavy atom. The Morgan fingerprint density at radius 3 is 2.31 bits per heavy atom. The zero-order chi connectivity index (χ0) is 21.2. The molecule has 0 heterocycles. The quantitative estimate of drug-likeness (QED) is 0.680. The van der Waals surface area contributed by atoms with Crippen LogP contribution < -0.4 is 10.6 Å². The number of benzene rings is 2. The molecule has 0 fully saturated rings. The standard InChI is InChI=1S/C23H26FN3O2/c1-16(2)14-21(27-22(28)19-10-6-7-11-20(19)24)23(29)26-18(15-25)13-12-17-8-4-3-5-9-17/h3-11,16,18,21H,12-14H2,1-2H3,(H,26,29)(H,27,28)/t18-,21-/m0/s1. The lowest BCUT2D eigenvalue weighted by atomic mass is 10.0. The molecule has 0 radical (unpaired) electrons. The molecular weight excluding hydrogens is 369 g/mol. The highest BCUT2D eigenvalue weighted by Crippen LogP contribution is 2.11. The van der Waals surface area contributed by atoms with E-state index in [-0.39, 0.29) is 11.5 Å². The molecule has 6 heteroatoms. The number of nitrogens with one attached hydrogen (secondary N) is 2. The Bertz CT molecular complexity index is 862. The number of carbonyl (C=O) groups is 2. The van der Waals surface area contributed by atoms with Crippen LogP contribution in [-0.2, 0) is 11.2 Å². The summed E-state index contributed by atoms with van der Waals surface area (Å²) in [6, 6.07) is 15.9. The van der Waals surface area contributed by atoms with E-state index in [9.17, 15) is 19.2 Å². The molecule has 2 amide bonds. The van der Waals surface area contributed by atoms with Crippen molar-refractivity contribution in [3.63, 3.8) is 0 Å². The van der Waals surface area contributed by atoms with Gasteiger partial charge in [-0.2, -0.15) is 5.26 Å². The maximum atomic E-state index is 13.9. The summed E-state index contributed by atoms with van der Waals surface area (Å²) < 4.78 is 13.9. The van der Waals surface area contributed by atoms with Crippen molar-refractivity contribution in [3.05, 3.63) is 71.5 Å². The minimum Gasteiger partial charge on any atom is -0.340 e. The van der Waals surface area contributed by atoms with E-state index in [0.717, 1.165) is 5.56 Å². The lowest BCUT2D eigenvalue weighted by Gasteiger charge is -2.22. The molecule has 2 rings (SSSR count). The van der Waals surface area contributed by atoms with E-state index in [1.807, 2.05) is 44.2 Å². The fourth-order valence-corrected chi connectivity index (χ4v) is 2.98. The number of nitriles is 1. The number of halogens is 1. The average Bonchev–Trinajstić information content (AvgIpc) is 2.71. The summed E-state index contributed by atoms with van der Waals surface area (Å²) in [5, 5.41) is 14.7. The first kappa shape index (κ1) is 22.1. The van der Waals surface area contributed by atoms with Gasteiger partial charge in [-0.15, -0.1) is 0 Å². The predicted molar refractivity (Wildman–Crippen MR) is 109 cm³/mol. The van der Waals surface area contributed by atoms with Crippen molar-refractivity contribution in [2.24, 2.45) is 5.92 Å².